The van der Waals surface area contributed by atoms with Gasteiger partial charge < -0.3 is 9.88 Å². The van der Waals surface area contributed by atoms with E-state index in [9.17, 15) is 4.79 Å². The average Bonchev–Trinajstić information content (AvgIpc) is 3.19. The number of nitrogens with zero attached hydrogens (tertiary/aromatic N) is 3. The van der Waals surface area contributed by atoms with Gasteiger partial charge in [0.1, 0.15) is 5.82 Å². The van der Waals surface area contributed by atoms with Crippen molar-refractivity contribution in [2.45, 2.75) is 39.2 Å². The largest absolute Gasteiger partial charge is 0.354 e. The third kappa shape index (κ3) is 3.18. The van der Waals surface area contributed by atoms with E-state index in [1.807, 2.05) is 25.3 Å². The normalized spacial score (nSPS) is 15.1. The van der Waals surface area contributed by atoms with Crippen LogP contribution in [-0.4, -0.2) is 27.0 Å². The van der Waals surface area contributed by atoms with E-state index in [1.54, 1.807) is 12.4 Å². The molecule has 1 fully saturated rings. The van der Waals surface area contributed by atoms with E-state index in [2.05, 4.69) is 19.9 Å². The summed E-state index contributed by atoms with van der Waals surface area (Å²) in [5, 5.41) is 3.07. The predicted molar refractivity (Wildman–Crippen MR) is 85.2 cm³/mol. The van der Waals surface area contributed by atoms with Crippen molar-refractivity contribution in [3.63, 3.8) is 0 Å². The summed E-state index contributed by atoms with van der Waals surface area (Å²) in [7, 11) is 0. The molecule has 0 spiro atoms. The van der Waals surface area contributed by atoms with Gasteiger partial charge in [-0.25, -0.2) is 4.98 Å². The lowest BCUT2D eigenvalue weighted by molar-refractivity contribution is -0.124. The molecular formula is C17H22N4O. The fourth-order valence-corrected chi connectivity index (χ4v) is 3.10. The van der Waals surface area contributed by atoms with E-state index in [-0.39, 0.29) is 11.8 Å². The first-order valence-electron chi connectivity index (χ1n) is 7.96. The Balaban J connectivity index is 1.63. The quantitative estimate of drug-likeness (QED) is 0.923. The van der Waals surface area contributed by atoms with E-state index in [0.29, 0.717) is 6.54 Å². The molecule has 2 aromatic rings. The molecule has 0 aromatic carbocycles. The molecule has 0 radical (unpaired) electrons. The molecule has 22 heavy (non-hydrogen) atoms. The lowest BCUT2D eigenvalue weighted by atomic mass is 10.1. The summed E-state index contributed by atoms with van der Waals surface area (Å²) in [6.07, 6.45) is 9.86. The van der Waals surface area contributed by atoms with Gasteiger partial charge in [0.25, 0.3) is 0 Å². The topological polar surface area (TPSA) is 59.8 Å². The minimum atomic E-state index is 0.209. The summed E-state index contributed by atoms with van der Waals surface area (Å²) >= 11 is 0. The zero-order valence-electron chi connectivity index (χ0n) is 13.0. The van der Waals surface area contributed by atoms with Crippen LogP contribution in [0.15, 0.2) is 30.7 Å². The molecule has 1 aliphatic carbocycles. The first kappa shape index (κ1) is 14.8. The van der Waals surface area contributed by atoms with Crippen LogP contribution in [0.4, 0.5) is 0 Å². The second-order valence-corrected chi connectivity index (χ2v) is 5.88. The highest BCUT2D eigenvalue weighted by Gasteiger charge is 2.22. The van der Waals surface area contributed by atoms with Gasteiger partial charge in [0.2, 0.25) is 5.91 Å². The van der Waals surface area contributed by atoms with Gasteiger partial charge in [-0.05, 0) is 31.9 Å². The Bertz CT molecular complexity index is 629. The summed E-state index contributed by atoms with van der Waals surface area (Å²) in [6, 6.07) is 3.91. The van der Waals surface area contributed by atoms with Crippen LogP contribution < -0.4 is 5.32 Å². The van der Waals surface area contributed by atoms with E-state index in [4.69, 9.17) is 0 Å². The van der Waals surface area contributed by atoms with Crippen molar-refractivity contribution in [3.05, 3.63) is 36.4 Å². The maximum absolute atomic E-state index is 12.1. The highest BCUT2D eigenvalue weighted by molar-refractivity contribution is 5.78. The molecule has 5 heteroatoms. The first-order valence-corrected chi connectivity index (χ1v) is 7.96. The van der Waals surface area contributed by atoms with E-state index < -0.39 is 0 Å². The molecule has 0 bridgehead atoms. The summed E-state index contributed by atoms with van der Waals surface area (Å²) in [4.78, 5) is 20.6. The van der Waals surface area contributed by atoms with Crippen LogP contribution in [0.3, 0.4) is 0 Å². The van der Waals surface area contributed by atoms with Crippen molar-refractivity contribution in [3.8, 4) is 11.4 Å². The monoisotopic (exact) mass is 298 g/mol. The molecule has 3 rings (SSSR count). The zero-order valence-corrected chi connectivity index (χ0v) is 13.0. The lowest BCUT2D eigenvalue weighted by Crippen LogP contribution is -2.32. The summed E-state index contributed by atoms with van der Waals surface area (Å²) in [5.41, 5.74) is 2.15. The Morgan fingerprint density at radius 3 is 2.77 bits per heavy atom. The fraction of sp³-hybridized carbons (Fsp3) is 0.471. The number of rotatable bonds is 5. The van der Waals surface area contributed by atoms with Crippen molar-refractivity contribution < 1.29 is 4.79 Å². The number of pyridine rings is 1. The third-order valence-corrected chi connectivity index (χ3v) is 4.35. The smallest absolute Gasteiger partial charge is 0.223 e. The molecule has 5 nitrogen and oxygen atoms in total. The van der Waals surface area contributed by atoms with Crippen LogP contribution in [-0.2, 0) is 11.3 Å². The Morgan fingerprint density at radius 1 is 1.32 bits per heavy atom. The third-order valence-electron chi connectivity index (χ3n) is 4.35. The van der Waals surface area contributed by atoms with E-state index in [0.717, 1.165) is 36.5 Å². The molecule has 2 heterocycles. The van der Waals surface area contributed by atoms with Gasteiger partial charge in [0.05, 0.1) is 0 Å². The van der Waals surface area contributed by atoms with Gasteiger partial charge in [-0.3, -0.25) is 9.78 Å². The van der Waals surface area contributed by atoms with E-state index in [1.165, 1.54) is 12.8 Å². The van der Waals surface area contributed by atoms with Crippen LogP contribution in [0.25, 0.3) is 11.4 Å². The Labute approximate surface area is 130 Å². The number of imidazole rings is 1. The van der Waals surface area contributed by atoms with Gasteiger partial charge in [-0.1, -0.05) is 12.8 Å². The standard InChI is InChI=1S/C17H22N4O/c1-13-12-20-16(14-6-8-18-9-7-14)21(13)11-10-19-17(22)15-4-2-3-5-15/h6-9,12,15H,2-5,10-11H2,1H3,(H,19,22). The Morgan fingerprint density at radius 2 is 2.05 bits per heavy atom. The zero-order chi connectivity index (χ0) is 15.4. The molecular weight excluding hydrogens is 276 g/mol. The predicted octanol–water partition coefficient (Wildman–Crippen LogP) is 2.56. The average molecular weight is 298 g/mol. The van der Waals surface area contributed by atoms with Crippen molar-refractivity contribution in [1.82, 2.24) is 19.9 Å². The van der Waals surface area contributed by atoms with Gasteiger partial charge in [-0.2, -0.15) is 0 Å². The molecule has 0 saturated heterocycles. The summed E-state index contributed by atoms with van der Waals surface area (Å²) < 4.78 is 2.14. The first-order chi connectivity index (χ1) is 10.8. The van der Waals surface area contributed by atoms with E-state index >= 15 is 0 Å². The van der Waals surface area contributed by atoms with Crippen molar-refractivity contribution in [1.29, 1.82) is 0 Å². The number of aryl methyl sites for hydroxylation is 1. The number of carbonyl (C=O) groups excluding carboxylic acids is 1. The second-order valence-electron chi connectivity index (χ2n) is 5.88. The lowest BCUT2D eigenvalue weighted by Gasteiger charge is -2.13. The fourth-order valence-electron chi connectivity index (χ4n) is 3.10. The number of amides is 1. The molecule has 2 aromatic heterocycles. The molecule has 0 aliphatic heterocycles. The van der Waals surface area contributed by atoms with Crippen LogP contribution >= 0.6 is 0 Å². The molecule has 0 unspecified atom stereocenters. The number of hydrogen-bond acceptors (Lipinski definition) is 3. The molecule has 1 aliphatic rings. The minimum Gasteiger partial charge on any atom is -0.354 e. The van der Waals surface area contributed by atoms with Crippen molar-refractivity contribution >= 4 is 5.91 Å². The maximum Gasteiger partial charge on any atom is 0.223 e. The van der Waals surface area contributed by atoms with Gasteiger partial charge >= 0.3 is 0 Å². The van der Waals surface area contributed by atoms with Crippen LogP contribution in [0.1, 0.15) is 31.4 Å². The Kier molecular flexibility index (Phi) is 4.51. The number of hydrogen-bond donors (Lipinski definition) is 1. The van der Waals surface area contributed by atoms with Gasteiger partial charge in [0.15, 0.2) is 0 Å². The highest BCUT2D eigenvalue weighted by atomic mass is 16.1. The summed E-state index contributed by atoms with van der Waals surface area (Å²) in [6.45, 7) is 3.42. The maximum atomic E-state index is 12.1. The number of carbonyl (C=O) groups is 1. The van der Waals surface area contributed by atoms with Crippen molar-refractivity contribution in [2.24, 2.45) is 5.92 Å². The van der Waals surface area contributed by atoms with Crippen LogP contribution in [0, 0.1) is 12.8 Å². The van der Waals surface area contributed by atoms with Crippen molar-refractivity contribution in [2.75, 3.05) is 6.54 Å². The molecule has 0 atom stereocenters. The SMILES string of the molecule is Cc1cnc(-c2ccncc2)n1CCNC(=O)C1CCCC1. The Hall–Kier alpha value is -2.17. The number of nitrogens with one attached hydrogen (secondary N) is 1. The minimum absolute atomic E-state index is 0.209. The number of aromatic nitrogens is 3. The molecule has 1 saturated carbocycles. The van der Waals surface area contributed by atoms with Gasteiger partial charge in [-0.15, -0.1) is 0 Å². The highest BCUT2D eigenvalue weighted by Crippen LogP contribution is 2.24. The molecule has 1 amide bonds. The van der Waals surface area contributed by atoms with Crippen LogP contribution in [0.5, 0.6) is 0 Å². The molecule has 1 N–H and O–H groups in total. The van der Waals surface area contributed by atoms with Gasteiger partial charge in [0, 0.05) is 48.9 Å². The second kappa shape index (κ2) is 6.73. The summed E-state index contributed by atoms with van der Waals surface area (Å²) in [5.74, 6) is 1.36. The van der Waals surface area contributed by atoms with Crippen LogP contribution in [0.2, 0.25) is 0 Å². The molecule has 116 valence electrons.